The van der Waals surface area contributed by atoms with E-state index in [1.54, 1.807) is 0 Å². The number of thiophene rings is 1. The van der Waals surface area contributed by atoms with Gasteiger partial charge in [-0.05, 0) is 26.0 Å². The quantitative estimate of drug-likeness (QED) is 0.937. The van der Waals surface area contributed by atoms with Gasteiger partial charge in [0.25, 0.3) is 0 Å². The zero-order valence-corrected chi connectivity index (χ0v) is 12.2. The van der Waals surface area contributed by atoms with E-state index >= 15 is 0 Å². The van der Waals surface area contributed by atoms with Crippen molar-refractivity contribution in [2.45, 2.75) is 26.4 Å². The molecule has 2 aromatic heterocycles. The maximum Gasteiger partial charge on any atom is 0.126 e. The average molecular weight is 277 g/mol. The summed E-state index contributed by atoms with van der Waals surface area (Å²) in [6.07, 6.45) is 1.89. The molecule has 3 heterocycles. The number of aromatic nitrogens is 2. The van der Waals surface area contributed by atoms with E-state index in [1.807, 2.05) is 24.5 Å². The average Bonchev–Trinajstić information content (AvgIpc) is 2.99. The van der Waals surface area contributed by atoms with Crippen molar-refractivity contribution in [3.05, 3.63) is 39.6 Å². The van der Waals surface area contributed by atoms with Crippen molar-refractivity contribution in [2.24, 2.45) is 0 Å². The number of aromatic amines is 1. The standard InChI is InChI=1S/C14H19N3OS/c1-10-7-15-14(16-10)13-9-18-6-5-17(13)8-12-4-3-11(2)19-12/h3-4,7,13H,5-6,8-9H2,1-2H3,(H,15,16)/t13-/m0/s1. The third-order valence-electron chi connectivity index (χ3n) is 3.43. The predicted octanol–water partition coefficient (Wildman–Crippen LogP) is 2.66. The van der Waals surface area contributed by atoms with Gasteiger partial charge in [0, 0.05) is 34.7 Å². The highest BCUT2D eigenvalue weighted by Gasteiger charge is 2.27. The van der Waals surface area contributed by atoms with Gasteiger partial charge in [-0.2, -0.15) is 0 Å². The van der Waals surface area contributed by atoms with Gasteiger partial charge in [0.1, 0.15) is 5.82 Å². The molecule has 1 fully saturated rings. The predicted molar refractivity (Wildman–Crippen MR) is 76.4 cm³/mol. The molecule has 1 saturated heterocycles. The first-order valence-corrected chi connectivity index (χ1v) is 7.42. The minimum atomic E-state index is 0.241. The number of morpholine rings is 1. The van der Waals surface area contributed by atoms with Gasteiger partial charge < -0.3 is 9.72 Å². The third kappa shape index (κ3) is 2.88. The molecule has 0 amide bonds. The number of rotatable bonds is 3. The molecular formula is C14H19N3OS. The summed E-state index contributed by atoms with van der Waals surface area (Å²) in [6, 6.07) is 4.65. The van der Waals surface area contributed by atoms with Crippen molar-refractivity contribution in [1.82, 2.24) is 14.9 Å². The van der Waals surface area contributed by atoms with E-state index < -0.39 is 0 Å². The number of H-pyrrole nitrogens is 1. The lowest BCUT2D eigenvalue weighted by Crippen LogP contribution is -2.39. The molecule has 1 atom stereocenters. The number of ether oxygens (including phenoxy) is 1. The largest absolute Gasteiger partial charge is 0.378 e. The maximum atomic E-state index is 5.62. The van der Waals surface area contributed by atoms with Crippen LogP contribution in [0.2, 0.25) is 0 Å². The lowest BCUT2D eigenvalue weighted by molar-refractivity contribution is -0.0152. The highest BCUT2D eigenvalue weighted by Crippen LogP contribution is 2.26. The van der Waals surface area contributed by atoms with Crippen LogP contribution in [-0.4, -0.2) is 34.6 Å². The van der Waals surface area contributed by atoms with Crippen molar-refractivity contribution in [3.63, 3.8) is 0 Å². The highest BCUT2D eigenvalue weighted by molar-refractivity contribution is 7.11. The second-order valence-corrected chi connectivity index (χ2v) is 6.40. The van der Waals surface area contributed by atoms with E-state index in [1.165, 1.54) is 9.75 Å². The zero-order valence-electron chi connectivity index (χ0n) is 11.3. The van der Waals surface area contributed by atoms with Gasteiger partial charge in [-0.1, -0.05) is 0 Å². The Morgan fingerprint density at radius 1 is 1.47 bits per heavy atom. The normalized spacial score (nSPS) is 20.8. The highest BCUT2D eigenvalue weighted by atomic mass is 32.1. The van der Waals surface area contributed by atoms with E-state index in [0.717, 1.165) is 37.8 Å². The minimum Gasteiger partial charge on any atom is -0.378 e. The number of hydrogen-bond donors (Lipinski definition) is 1. The van der Waals surface area contributed by atoms with Crippen molar-refractivity contribution in [1.29, 1.82) is 0 Å². The SMILES string of the molecule is Cc1cnc([C@@H]2COCCN2Cc2ccc(C)s2)[nH]1. The van der Waals surface area contributed by atoms with Crippen molar-refractivity contribution >= 4 is 11.3 Å². The Hall–Kier alpha value is -1.17. The van der Waals surface area contributed by atoms with Gasteiger partial charge in [0.2, 0.25) is 0 Å². The van der Waals surface area contributed by atoms with Crippen LogP contribution in [0.5, 0.6) is 0 Å². The van der Waals surface area contributed by atoms with E-state index in [4.69, 9.17) is 4.74 Å². The van der Waals surface area contributed by atoms with Gasteiger partial charge in [-0.25, -0.2) is 4.98 Å². The Kier molecular flexibility index (Phi) is 3.68. The first kappa shape index (κ1) is 12.8. The Bertz CT molecular complexity index is 548. The fourth-order valence-electron chi connectivity index (χ4n) is 2.45. The molecule has 1 N–H and O–H groups in total. The van der Waals surface area contributed by atoms with Crippen LogP contribution in [0.1, 0.15) is 27.3 Å². The van der Waals surface area contributed by atoms with Gasteiger partial charge in [-0.15, -0.1) is 11.3 Å². The van der Waals surface area contributed by atoms with Crippen LogP contribution in [0.15, 0.2) is 18.3 Å². The molecule has 0 radical (unpaired) electrons. The first-order valence-electron chi connectivity index (χ1n) is 6.61. The van der Waals surface area contributed by atoms with Gasteiger partial charge in [0.15, 0.2) is 0 Å². The fraction of sp³-hybridized carbons (Fsp3) is 0.500. The lowest BCUT2D eigenvalue weighted by Gasteiger charge is -2.34. The van der Waals surface area contributed by atoms with E-state index in [9.17, 15) is 0 Å². The Balaban J connectivity index is 1.77. The summed E-state index contributed by atoms with van der Waals surface area (Å²) < 4.78 is 5.62. The van der Waals surface area contributed by atoms with Crippen molar-refractivity contribution < 1.29 is 4.74 Å². The molecule has 0 saturated carbocycles. The lowest BCUT2D eigenvalue weighted by atomic mass is 10.2. The molecule has 0 bridgehead atoms. The summed E-state index contributed by atoms with van der Waals surface area (Å²) in [6.45, 7) is 7.65. The number of nitrogens with zero attached hydrogens (tertiary/aromatic N) is 2. The van der Waals surface area contributed by atoms with E-state index in [0.29, 0.717) is 0 Å². The number of imidazole rings is 1. The summed E-state index contributed by atoms with van der Waals surface area (Å²) in [5.74, 6) is 1.02. The van der Waals surface area contributed by atoms with Gasteiger partial charge in [-0.3, -0.25) is 4.90 Å². The summed E-state index contributed by atoms with van der Waals surface area (Å²) in [5.41, 5.74) is 1.10. The van der Waals surface area contributed by atoms with Crippen molar-refractivity contribution in [2.75, 3.05) is 19.8 Å². The van der Waals surface area contributed by atoms with Crippen LogP contribution in [0, 0.1) is 13.8 Å². The third-order valence-corrected chi connectivity index (χ3v) is 4.42. The number of hydrogen-bond acceptors (Lipinski definition) is 4. The molecule has 2 aromatic rings. The maximum absolute atomic E-state index is 5.62. The molecule has 1 aliphatic rings. The molecule has 3 rings (SSSR count). The van der Waals surface area contributed by atoms with Gasteiger partial charge >= 0.3 is 0 Å². The molecular weight excluding hydrogens is 258 g/mol. The van der Waals surface area contributed by atoms with Crippen LogP contribution in [0.3, 0.4) is 0 Å². The molecule has 0 unspecified atom stereocenters. The van der Waals surface area contributed by atoms with Crippen LogP contribution >= 0.6 is 11.3 Å². The first-order chi connectivity index (χ1) is 9.22. The van der Waals surface area contributed by atoms with E-state index in [2.05, 4.69) is 33.9 Å². The summed E-state index contributed by atoms with van der Waals surface area (Å²) in [4.78, 5) is 13.0. The number of nitrogens with one attached hydrogen (secondary N) is 1. The molecule has 1 aliphatic heterocycles. The monoisotopic (exact) mass is 277 g/mol. The Morgan fingerprint density at radius 3 is 3.05 bits per heavy atom. The second kappa shape index (κ2) is 5.45. The molecule has 19 heavy (non-hydrogen) atoms. The van der Waals surface area contributed by atoms with Crippen LogP contribution < -0.4 is 0 Å². The van der Waals surface area contributed by atoms with Crippen LogP contribution in [-0.2, 0) is 11.3 Å². The summed E-state index contributed by atoms with van der Waals surface area (Å²) in [5, 5.41) is 0. The Labute approximate surface area is 117 Å². The molecule has 4 nitrogen and oxygen atoms in total. The fourth-order valence-corrected chi connectivity index (χ4v) is 3.37. The van der Waals surface area contributed by atoms with Crippen molar-refractivity contribution in [3.8, 4) is 0 Å². The number of aryl methyl sites for hydroxylation is 2. The minimum absolute atomic E-state index is 0.241. The van der Waals surface area contributed by atoms with Crippen LogP contribution in [0.4, 0.5) is 0 Å². The van der Waals surface area contributed by atoms with Crippen LogP contribution in [0.25, 0.3) is 0 Å². The summed E-state index contributed by atoms with van der Waals surface area (Å²) >= 11 is 1.87. The topological polar surface area (TPSA) is 41.1 Å². The smallest absolute Gasteiger partial charge is 0.126 e. The summed E-state index contributed by atoms with van der Waals surface area (Å²) in [7, 11) is 0. The Morgan fingerprint density at radius 2 is 2.37 bits per heavy atom. The zero-order chi connectivity index (χ0) is 13.2. The molecule has 102 valence electrons. The molecule has 5 heteroatoms. The molecule has 0 aromatic carbocycles. The molecule has 0 spiro atoms. The van der Waals surface area contributed by atoms with Gasteiger partial charge in [0.05, 0.1) is 19.3 Å². The van der Waals surface area contributed by atoms with E-state index in [-0.39, 0.29) is 6.04 Å². The molecule has 0 aliphatic carbocycles. The second-order valence-electron chi connectivity index (χ2n) is 5.02.